The van der Waals surface area contributed by atoms with E-state index in [0.717, 1.165) is 20.8 Å². The van der Waals surface area contributed by atoms with Crippen molar-refractivity contribution in [1.82, 2.24) is 14.9 Å². The van der Waals surface area contributed by atoms with Crippen LogP contribution in [0.2, 0.25) is 0 Å². The van der Waals surface area contributed by atoms with Gasteiger partial charge in [-0.05, 0) is 31.9 Å². The Morgan fingerprint density at radius 2 is 2.07 bits per heavy atom. The van der Waals surface area contributed by atoms with Gasteiger partial charge in [0.05, 0.1) is 17.2 Å². The number of allylic oxidation sites excluding steroid dienone is 1. The molecule has 1 N–H and O–H groups in total. The van der Waals surface area contributed by atoms with Crippen molar-refractivity contribution in [3.8, 4) is 0 Å². The van der Waals surface area contributed by atoms with Crippen LogP contribution < -0.4 is 10.9 Å². The molecular formula is C21H23N3O2S2. The molecule has 7 heteroatoms. The van der Waals surface area contributed by atoms with E-state index in [9.17, 15) is 9.59 Å². The summed E-state index contributed by atoms with van der Waals surface area (Å²) in [6, 6.07) is 9.73. The van der Waals surface area contributed by atoms with Crippen LogP contribution in [0.25, 0.3) is 10.2 Å². The molecule has 0 spiro atoms. The predicted molar refractivity (Wildman–Crippen MR) is 117 cm³/mol. The fourth-order valence-electron chi connectivity index (χ4n) is 2.95. The van der Waals surface area contributed by atoms with Crippen LogP contribution in [0.15, 0.2) is 52.9 Å². The third kappa shape index (κ3) is 4.20. The van der Waals surface area contributed by atoms with Gasteiger partial charge in [0.25, 0.3) is 5.56 Å². The summed E-state index contributed by atoms with van der Waals surface area (Å²) >= 11 is 2.79. The van der Waals surface area contributed by atoms with Gasteiger partial charge >= 0.3 is 0 Å². The number of aryl methyl sites for hydroxylation is 2. The molecule has 0 aliphatic rings. The smallest absolute Gasteiger partial charge is 0.263 e. The van der Waals surface area contributed by atoms with E-state index in [0.29, 0.717) is 17.1 Å². The van der Waals surface area contributed by atoms with Crippen LogP contribution in [0.4, 0.5) is 0 Å². The molecule has 0 fully saturated rings. The summed E-state index contributed by atoms with van der Waals surface area (Å²) in [6.07, 6.45) is 1.67. The molecule has 0 aliphatic heterocycles. The maximum Gasteiger partial charge on any atom is 0.263 e. The minimum atomic E-state index is -0.0978. The number of thioether (sulfide) groups is 1. The summed E-state index contributed by atoms with van der Waals surface area (Å²) in [6.45, 7) is 9.99. The quantitative estimate of drug-likeness (QED) is 0.358. The maximum absolute atomic E-state index is 12.9. The fourth-order valence-corrected chi connectivity index (χ4v) is 4.84. The topological polar surface area (TPSA) is 64.0 Å². The SMILES string of the molecule is C=CCn1c(SCC(=O)N[C@@H](C)c2ccccc2)nc2sc(C)c(C)c2c1=O. The average Bonchev–Trinajstić information content (AvgIpc) is 2.97. The lowest BCUT2D eigenvalue weighted by Crippen LogP contribution is -2.29. The number of carbonyl (C=O) groups excluding carboxylic acids is 1. The Hall–Kier alpha value is -2.38. The van der Waals surface area contributed by atoms with Gasteiger partial charge in [-0.15, -0.1) is 17.9 Å². The molecule has 1 atom stereocenters. The third-order valence-electron chi connectivity index (χ3n) is 4.57. The molecule has 146 valence electrons. The molecule has 2 aromatic heterocycles. The molecule has 3 rings (SSSR count). The molecule has 2 heterocycles. The van der Waals surface area contributed by atoms with Crippen molar-refractivity contribution in [2.45, 2.75) is 38.5 Å². The minimum absolute atomic E-state index is 0.0766. The van der Waals surface area contributed by atoms with Crippen LogP contribution in [-0.4, -0.2) is 21.2 Å². The number of nitrogens with one attached hydrogen (secondary N) is 1. The molecule has 0 saturated heterocycles. The molecule has 28 heavy (non-hydrogen) atoms. The first-order valence-electron chi connectivity index (χ1n) is 9.01. The summed E-state index contributed by atoms with van der Waals surface area (Å²) in [5, 5.41) is 4.20. The van der Waals surface area contributed by atoms with Crippen molar-refractivity contribution in [3.63, 3.8) is 0 Å². The van der Waals surface area contributed by atoms with Gasteiger partial charge in [0.2, 0.25) is 5.91 Å². The van der Waals surface area contributed by atoms with Gasteiger partial charge in [-0.3, -0.25) is 14.2 Å². The zero-order valence-corrected chi connectivity index (χ0v) is 17.8. The van der Waals surface area contributed by atoms with Crippen LogP contribution in [-0.2, 0) is 11.3 Å². The Morgan fingerprint density at radius 1 is 1.36 bits per heavy atom. The van der Waals surface area contributed by atoms with E-state index >= 15 is 0 Å². The number of nitrogens with zero attached hydrogens (tertiary/aromatic N) is 2. The molecule has 3 aromatic rings. The number of rotatable bonds is 7. The predicted octanol–water partition coefficient (Wildman–Crippen LogP) is 4.23. The summed E-state index contributed by atoms with van der Waals surface area (Å²) in [7, 11) is 0. The van der Waals surface area contributed by atoms with Crippen molar-refractivity contribution < 1.29 is 4.79 Å². The van der Waals surface area contributed by atoms with Gasteiger partial charge in [-0.25, -0.2) is 4.98 Å². The largest absolute Gasteiger partial charge is 0.349 e. The standard InChI is InChI=1S/C21H23N3O2S2/c1-5-11-24-20(26)18-13(2)15(4)28-19(18)23-21(24)27-12-17(25)22-14(3)16-9-7-6-8-10-16/h5-10,14H,1,11-12H2,2-4H3,(H,22,25)/t14-/m0/s1. The van der Waals surface area contributed by atoms with Gasteiger partial charge in [-0.2, -0.15) is 0 Å². The van der Waals surface area contributed by atoms with Crippen LogP contribution >= 0.6 is 23.1 Å². The van der Waals surface area contributed by atoms with Crippen molar-refractivity contribution >= 4 is 39.2 Å². The highest BCUT2D eigenvalue weighted by molar-refractivity contribution is 7.99. The number of benzene rings is 1. The molecule has 0 radical (unpaired) electrons. The Bertz CT molecular complexity index is 1070. The van der Waals surface area contributed by atoms with E-state index in [4.69, 9.17) is 0 Å². The summed E-state index contributed by atoms with van der Waals surface area (Å²) in [5.41, 5.74) is 1.95. The number of aromatic nitrogens is 2. The lowest BCUT2D eigenvalue weighted by Gasteiger charge is -2.15. The first kappa shape index (κ1) is 20.4. The van der Waals surface area contributed by atoms with E-state index < -0.39 is 0 Å². The molecule has 0 unspecified atom stereocenters. The second-order valence-electron chi connectivity index (χ2n) is 6.55. The number of hydrogen-bond acceptors (Lipinski definition) is 5. The van der Waals surface area contributed by atoms with E-state index in [1.165, 1.54) is 23.1 Å². The fraction of sp³-hybridized carbons (Fsp3) is 0.286. The lowest BCUT2D eigenvalue weighted by molar-refractivity contribution is -0.119. The second kappa shape index (κ2) is 8.75. The Morgan fingerprint density at radius 3 is 2.75 bits per heavy atom. The molecule has 0 saturated carbocycles. The number of fused-ring (bicyclic) bond motifs is 1. The molecule has 1 amide bonds. The van der Waals surface area contributed by atoms with Gasteiger partial charge in [-0.1, -0.05) is 48.2 Å². The highest BCUT2D eigenvalue weighted by Crippen LogP contribution is 2.28. The second-order valence-corrected chi connectivity index (χ2v) is 8.70. The van der Waals surface area contributed by atoms with Crippen LogP contribution in [0.1, 0.15) is 29.0 Å². The lowest BCUT2D eigenvalue weighted by atomic mass is 10.1. The van der Waals surface area contributed by atoms with Crippen molar-refractivity contribution in [2.75, 3.05) is 5.75 Å². The zero-order chi connectivity index (χ0) is 20.3. The van der Waals surface area contributed by atoms with Crippen LogP contribution in [0.5, 0.6) is 0 Å². The monoisotopic (exact) mass is 413 g/mol. The normalized spacial score (nSPS) is 12.1. The Labute approximate surface area is 172 Å². The van der Waals surface area contributed by atoms with Crippen molar-refractivity contribution in [1.29, 1.82) is 0 Å². The molecule has 0 bridgehead atoms. The number of thiophene rings is 1. The van der Waals surface area contributed by atoms with Crippen molar-refractivity contribution in [2.24, 2.45) is 0 Å². The van der Waals surface area contributed by atoms with E-state index in [1.54, 1.807) is 10.6 Å². The summed E-state index contributed by atoms with van der Waals surface area (Å²) < 4.78 is 1.59. The first-order valence-corrected chi connectivity index (χ1v) is 10.8. The Balaban J connectivity index is 1.79. The number of hydrogen-bond donors (Lipinski definition) is 1. The maximum atomic E-state index is 12.9. The number of amides is 1. The number of carbonyl (C=O) groups is 1. The highest BCUT2D eigenvalue weighted by atomic mass is 32.2. The van der Waals surface area contributed by atoms with E-state index in [2.05, 4.69) is 16.9 Å². The van der Waals surface area contributed by atoms with Crippen molar-refractivity contribution in [3.05, 3.63) is 69.3 Å². The summed E-state index contributed by atoms with van der Waals surface area (Å²) in [4.78, 5) is 31.8. The minimum Gasteiger partial charge on any atom is -0.349 e. The van der Waals surface area contributed by atoms with Gasteiger partial charge in [0.15, 0.2) is 5.16 Å². The molecule has 1 aromatic carbocycles. The molecule has 0 aliphatic carbocycles. The Kier molecular flexibility index (Phi) is 6.36. The highest BCUT2D eigenvalue weighted by Gasteiger charge is 2.17. The molecule has 5 nitrogen and oxygen atoms in total. The van der Waals surface area contributed by atoms with E-state index in [-0.39, 0.29) is 23.3 Å². The van der Waals surface area contributed by atoms with Crippen LogP contribution in [0, 0.1) is 13.8 Å². The summed E-state index contributed by atoms with van der Waals surface area (Å²) in [5.74, 6) is 0.0923. The van der Waals surface area contributed by atoms with Crippen LogP contribution in [0.3, 0.4) is 0 Å². The van der Waals surface area contributed by atoms with Gasteiger partial charge < -0.3 is 5.32 Å². The molecular weight excluding hydrogens is 390 g/mol. The zero-order valence-electron chi connectivity index (χ0n) is 16.2. The van der Waals surface area contributed by atoms with E-state index in [1.807, 2.05) is 51.1 Å². The van der Waals surface area contributed by atoms with Gasteiger partial charge in [0.1, 0.15) is 4.83 Å². The third-order valence-corrected chi connectivity index (χ3v) is 6.65. The van der Waals surface area contributed by atoms with Gasteiger partial charge in [0, 0.05) is 11.4 Å². The first-order chi connectivity index (χ1) is 13.4. The average molecular weight is 414 g/mol.